The first kappa shape index (κ1) is 13.8. The molecule has 0 aromatic heterocycles. The standard InChI is InChI=1S/C14H27N3O/c1-3-12-10-16(2)8-5-9-17(12)13(18)14(11-15)6-4-7-14/h12H,3-11,15H2,1-2H3. The van der Waals surface area contributed by atoms with E-state index in [0.29, 0.717) is 18.5 Å². The van der Waals surface area contributed by atoms with E-state index in [0.717, 1.165) is 51.7 Å². The molecule has 1 amide bonds. The Hall–Kier alpha value is -0.610. The largest absolute Gasteiger partial charge is 0.338 e. The van der Waals surface area contributed by atoms with Crippen molar-refractivity contribution in [1.82, 2.24) is 9.80 Å². The van der Waals surface area contributed by atoms with Crippen LogP contribution < -0.4 is 5.73 Å². The SMILES string of the molecule is CCC1CN(C)CCCN1C(=O)C1(CN)CCC1. The average molecular weight is 253 g/mol. The van der Waals surface area contributed by atoms with Crippen molar-refractivity contribution >= 4 is 5.91 Å². The summed E-state index contributed by atoms with van der Waals surface area (Å²) in [5, 5.41) is 0. The lowest BCUT2D eigenvalue weighted by Crippen LogP contribution is -2.55. The highest BCUT2D eigenvalue weighted by atomic mass is 16.2. The predicted molar refractivity (Wildman–Crippen MR) is 73.2 cm³/mol. The van der Waals surface area contributed by atoms with Crippen LogP contribution in [0.1, 0.15) is 39.0 Å². The summed E-state index contributed by atoms with van der Waals surface area (Å²) in [5.41, 5.74) is 5.66. The average Bonchev–Trinajstić information content (AvgIpc) is 2.49. The molecule has 1 saturated carbocycles. The van der Waals surface area contributed by atoms with Gasteiger partial charge in [-0.2, -0.15) is 0 Å². The molecule has 1 aliphatic heterocycles. The van der Waals surface area contributed by atoms with Gasteiger partial charge in [-0.1, -0.05) is 13.3 Å². The van der Waals surface area contributed by atoms with Gasteiger partial charge in [-0.25, -0.2) is 0 Å². The van der Waals surface area contributed by atoms with Crippen LogP contribution in [-0.4, -0.2) is 55.0 Å². The smallest absolute Gasteiger partial charge is 0.230 e. The van der Waals surface area contributed by atoms with Crippen LogP contribution in [0.25, 0.3) is 0 Å². The first-order valence-electron chi connectivity index (χ1n) is 7.32. The fourth-order valence-electron chi connectivity index (χ4n) is 3.27. The van der Waals surface area contributed by atoms with Gasteiger partial charge < -0.3 is 15.5 Å². The lowest BCUT2D eigenvalue weighted by Gasteiger charge is -2.44. The summed E-state index contributed by atoms with van der Waals surface area (Å²) in [5.74, 6) is 0.332. The molecule has 4 nitrogen and oxygen atoms in total. The molecule has 104 valence electrons. The van der Waals surface area contributed by atoms with Gasteiger partial charge in [0.15, 0.2) is 0 Å². The molecule has 0 spiro atoms. The summed E-state index contributed by atoms with van der Waals surface area (Å²) in [6, 6.07) is 0.369. The van der Waals surface area contributed by atoms with E-state index in [1.165, 1.54) is 0 Å². The zero-order valence-corrected chi connectivity index (χ0v) is 11.8. The van der Waals surface area contributed by atoms with Gasteiger partial charge in [-0.3, -0.25) is 4.79 Å². The summed E-state index contributed by atoms with van der Waals surface area (Å²) in [4.78, 5) is 17.3. The minimum atomic E-state index is -0.212. The number of carbonyl (C=O) groups is 1. The third kappa shape index (κ3) is 2.41. The van der Waals surface area contributed by atoms with Crippen LogP contribution in [0.2, 0.25) is 0 Å². The number of amides is 1. The summed E-state index contributed by atoms with van der Waals surface area (Å²) < 4.78 is 0. The molecular weight excluding hydrogens is 226 g/mol. The van der Waals surface area contributed by atoms with Gasteiger partial charge in [0, 0.05) is 25.7 Å². The maximum atomic E-state index is 12.8. The molecule has 0 aromatic carbocycles. The topological polar surface area (TPSA) is 49.6 Å². The van der Waals surface area contributed by atoms with Gasteiger partial charge in [0.25, 0.3) is 0 Å². The number of carbonyl (C=O) groups excluding carboxylic acids is 1. The van der Waals surface area contributed by atoms with Crippen LogP contribution in [0.3, 0.4) is 0 Å². The highest BCUT2D eigenvalue weighted by Gasteiger charge is 2.46. The molecule has 18 heavy (non-hydrogen) atoms. The van der Waals surface area contributed by atoms with E-state index in [1.807, 2.05) is 0 Å². The number of hydrogen-bond acceptors (Lipinski definition) is 3. The highest BCUT2D eigenvalue weighted by molar-refractivity contribution is 5.84. The predicted octanol–water partition coefficient (Wildman–Crippen LogP) is 1.06. The molecule has 0 bridgehead atoms. The highest BCUT2D eigenvalue weighted by Crippen LogP contribution is 2.42. The quantitative estimate of drug-likeness (QED) is 0.818. The van der Waals surface area contributed by atoms with Crippen molar-refractivity contribution in [3.05, 3.63) is 0 Å². The summed E-state index contributed by atoms with van der Waals surface area (Å²) >= 11 is 0. The minimum Gasteiger partial charge on any atom is -0.338 e. The molecule has 1 heterocycles. The van der Waals surface area contributed by atoms with E-state index in [4.69, 9.17) is 5.73 Å². The van der Waals surface area contributed by atoms with E-state index >= 15 is 0 Å². The zero-order chi connectivity index (χ0) is 13.2. The van der Waals surface area contributed by atoms with Crippen molar-refractivity contribution in [2.75, 3.05) is 33.2 Å². The van der Waals surface area contributed by atoms with Crippen molar-refractivity contribution in [2.24, 2.45) is 11.1 Å². The maximum Gasteiger partial charge on any atom is 0.230 e. The van der Waals surface area contributed by atoms with Gasteiger partial charge in [0.2, 0.25) is 5.91 Å². The fourth-order valence-corrected chi connectivity index (χ4v) is 3.27. The lowest BCUT2D eigenvalue weighted by molar-refractivity contribution is -0.149. The molecular formula is C14H27N3O. The van der Waals surface area contributed by atoms with Crippen molar-refractivity contribution < 1.29 is 4.79 Å². The lowest BCUT2D eigenvalue weighted by atomic mass is 9.67. The monoisotopic (exact) mass is 253 g/mol. The normalized spacial score (nSPS) is 28.6. The molecule has 2 N–H and O–H groups in total. The van der Waals surface area contributed by atoms with Crippen LogP contribution in [0.15, 0.2) is 0 Å². The van der Waals surface area contributed by atoms with Crippen LogP contribution in [0, 0.1) is 5.41 Å². The number of nitrogens with zero attached hydrogens (tertiary/aromatic N) is 2. The molecule has 0 aromatic rings. The van der Waals surface area contributed by atoms with Gasteiger partial charge in [-0.15, -0.1) is 0 Å². The van der Waals surface area contributed by atoms with Crippen LogP contribution in [-0.2, 0) is 4.79 Å². The Morgan fingerprint density at radius 3 is 2.56 bits per heavy atom. The Balaban J connectivity index is 2.11. The van der Waals surface area contributed by atoms with E-state index in [9.17, 15) is 4.79 Å². The van der Waals surface area contributed by atoms with Gasteiger partial charge in [-0.05, 0) is 39.3 Å². The van der Waals surface area contributed by atoms with Gasteiger partial charge in [0.1, 0.15) is 0 Å². The Kier molecular flexibility index (Phi) is 4.28. The number of rotatable bonds is 3. The third-order valence-corrected chi connectivity index (χ3v) is 4.79. The first-order chi connectivity index (χ1) is 8.63. The second-order valence-corrected chi connectivity index (χ2v) is 6.01. The Bertz CT molecular complexity index is 296. The van der Waals surface area contributed by atoms with Crippen molar-refractivity contribution in [3.63, 3.8) is 0 Å². The van der Waals surface area contributed by atoms with E-state index in [-0.39, 0.29) is 5.41 Å². The van der Waals surface area contributed by atoms with Crippen molar-refractivity contribution in [1.29, 1.82) is 0 Å². The zero-order valence-electron chi connectivity index (χ0n) is 11.8. The Morgan fingerprint density at radius 1 is 1.33 bits per heavy atom. The molecule has 1 aliphatic carbocycles. The second-order valence-electron chi connectivity index (χ2n) is 6.01. The van der Waals surface area contributed by atoms with E-state index in [2.05, 4.69) is 23.8 Å². The summed E-state index contributed by atoms with van der Waals surface area (Å²) in [6.07, 6.45) is 5.26. The number of nitrogens with two attached hydrogens (primary N) is 1. The number of hydrogen-bond donors (Lipinski definition) is 1. The molecule has 1 saturated heterocycles. The van der Waals surface area contributed by atoms with Crippen molar-refractivity contribution in [2.45, 2.75) is 45.1 Å². The van der Waals surface area contributed by atoms with Crippen LogP contribution in [0.5, 0.6) is 0 Å². The van der Waals surface area contributed by atoms with Crippen molar-refractivity contribution in [3.8, 4) is 0 Å². The molecule has 1 atom stereocenters. The molecule has 2 aliphatic rings. The molecule has 4 heteroatoms. The first-order valence-corrected chi connectivity index (χ1v) is 7.32. The van der Waals surface area contributed by atoms with Crippen LogP contribution in [0.4, 0.5) is 0 Å². The maximum absolute atomic E-state index is 12.8. The molecule has 0 radical (unpaired) electrons. The number of likely N-dealkylation sites (N-methyl/N-ethyl adjacent to an activating group) is 1. The Morgan fingerprint density at radius 2 is 2.06 bits per heavy atom. The van der Waals surface area contributed by atoms with E-state index in [1.54, 1.807) is 0 Å². The summed E-state index contributed by atoms with van der Waals surface area (Å²) in [7, 11) is 2.15. The summed E-state index contributed by atoms with van der Waals surface area (Å²) in [6.45, 7) is 5.71. The van der Waals surface area contributed by atoms with E-state index < -0.39 is 0 Å². The minimum absolute atomic E-state index is 0.212. The van der Waals surface area contributed by atoms with Crippen LogP contribution >= 0.6 is 0 Å². The second kappa shape index (κ2) is 5.57. The molecule has 1 unspecified atom stereocenters. The molecule has 2 rings (SSSR count). The van der Waals surface area contributed by atoms with Gasteiger partial charge in [0.05, 0.1) is 5.41 Å². The van der Waals surface area contributed by atoms with Gasteiger partial charge >= 0.3 is 0 Å². The fraction of sp³-hybridized carbons (Fsp3) is 0.929. The molecule has 2 fully saturated rings. The third-order valence-electron chi connectivity index (χ3n) is 4.79. The Labute approximate surface area is 110 Å².